The van der Waals surface area contributed by atoms with Gasteiger partial charge in [-0.1, -0.05) is 118 Å². The van der Waals surface area contributed by atoms with Gasteiger partial charge >= 0.3 is 0 Å². The lowest BCUT2D eigenvalue weighted by Crippen LogP contribution is -1.78. The molecule has 3 nitrogen and oxygen atoms in total. The van der Waals surface area contributed by atoms with Gasteiger partial charge in [0.05, 0.1) is 0 Å². The van der Waals surface area contributed by atoms with Crippen molar-refractivity contribution in [3.8, 4) is 0 Å². The Morgan fingerprint density at radius 1 is 0.793 bits per heavy atom. The van der Waals surface area contributed by atoms with Gasteiger partial charge in [0.25, 0.3) is 0 Å². The summed E-state index contributed by atoms with van der Waals surface area (Å²) in [6.45, 7) is 14.7. The van der Waals surface area contributed by atoms with Gasteiger partial charge in [-0.05, 0) is 18.1 Å². The van der Waals surface area contributed by atoms with Gasteiger partial charge in [0.1, 0.15) is 12.0 Å². The van der Waals surface area contributed by atoms with E-state index in [1.807, 2.05) is 40.0 Å². The topological polar surface area (TPSA) is 41.6 Å². The number of unbranched alkanes of at least 4 members (excludes halogenated alkanes) is 3. The Bertz CT molecular complexity index is 598. The summed E-state index contributed by atoms with van der Waals surface area (Å²) >= 11 is 0. The van der Waals surface area contributed by atoms with Crippen molar-refractivity contribution in [2.24, 2.45) is 0 Å². The molecule has 3 heteroatoms. The van der Waals surface area contributed by atoms with Crippen LogP contribution in [-0.4, -0.2) is 15.0 Å². The zero-order valence-electron chi connectivity index (χ0n) is 19.3. The number of fused-ring (bicyclic) bond motifs is 1. The minimum Gasteiger partial charge on any atom is -0.346 e. The van der Waals surface area contributed by atoms with Gasteiger partial charge < -0.3 is 4.98 Å². The van der Waals surface area contributed by atoms with E-state index >= 15 is 0 Å². The number of aromatic nitrogens is 3. The summed E-state index contributed by atoms with van der Waals surface area (Å²) in [4.78, 5) is 10.8. The van der Waals surface area contributed by atoms with E-state index in [1.54, 1.807) is 6.20 Å². The van der Waals surface area contributed by atoms with Crippen molar-refractivity contribution in [3.63, 3.8) is 0 Å². The summed E-state index contributed by atoms with van der Waals surface area (Å²) in [7, 11) is 0. The molecule has 0 saturated heterocycles. The van der Waals surface area contributed by atoms with E-state index in [4.69, 9.17) is 0 Å². The molecule has 3 rings (SSSR count). The van der Waals surface area contributed by atoms with E-state index in [2.05, 4.69) is 66.1 Å². The lowest BCUT2D eigenvalue weighted by molar-refractivity contribution is 0.702. The van der Waals surface area contributed by atoms with E-state index < -0.39 is 0 Å². The second-order valence-corrected chi connectivity index (χ2v) is 5.75. The first-order chi connectivity index (χ1) is 13.8. The van der Waals surface area contributed by atoms with E-state index in [-0.39, 0.29) is 7.43 Å². The van der Waals surface area contributed by atoms with Crippen LogP contribution in [0.4, 0.5) is 0 Å². The zero-order valence-corrected chi connectivity index (χ0v) is 19.3. The fourth-order valence-electron chi connectivity index (χ4n) is 2.23. The Kier molecular flexibility index (Phi) is 28.1. The number of rotatable bonds is 5. The maximum absolute atomic E-state index is 3.97. The van der Waals surface area contributed by atoms with Crippen LogP contribution in [0.5, 0.6) is 0 Å². The zero-order chi connectivity index (χ0) is 21.5. The van der Waals surface area contributed by atoms with E-state index in [1.165, 1.54) is 50.4 Å². The lowest BCUT2D eigenvalue weighted by atomic mass is 10.1. The van der Waals surface area contributed by atoms with Crippen molar-refractivity contribution in [2.75, 3.05) is 0 Å². The smallest absolute Gasteiger partial charge is 0.140 e. The van der Waals surface area contributed by atoms with Gasteiger partial charge in [0.2, 0.25) is 0 Å². The van der Waals surface area contributed by atoms with Crippen LogP contribution < -0.4 is 0 Å². The summed E-state index contributed by atoms with van der Waals surface area (Å²) in [5.41, 5.74) is 2.34. The highest BCUT2D eigenvalue weighted by Crippen LogP contribution is 2.04. The van der Waals surface area contributed by atoms with E-state index in [0.717, 1.165) is 11.0 Å². The van der Waals surface area contributed by atoms with Crippen LogP contribution in [0.2, 0.25) is 0 Å². The Labute approximate surface area is 181 Å². The van der Waals surface area contributed by atoms with Crippen molar-refractivity contribution in [3.05, 3.63) is 60.7 Å². The monoisotopic (exact) mass is 401 g/mol. The molecule has 3 aromatic rings. The summed E-state index contributed by atoms with van der Waals surface area (Å²) in [6, 6.07) is 12.5. The standard InChI is InChI=1S/C9H12.C6H5N3.C6H14.2C2H6.CH4/c1-2-6-9-7-4-3-5-8-9;1-2-8-6-5(1)3-7-4-9-6;1-3-5-6-4-2;2*1-2;/h3-5,7-8H,2,6H2,1H3;1-4H,(H,7,8,9);3-6H2,1-2H3;2*1-2H3;1H4. The maximum atomic E-state index is 3.97. The number of aryl methyl sites for hydroxylation is 1. The fraction of sp³-hybridized carbons (Fsp3) is 0.538. The van der Waals surface area contributed by atoms with Crippen LogP contribution in [0.15, 0.2) is 55.1 Å². The molecular formula is C26H47N3. The molecule has 2 heterocycles. The third-order valence-corrected chi connectivity index (χ3v) is 3.56. The lowest BCUT2D eigenvalue weighted by Gasteiger charge is -1.93. The number of H-pyrrole nitrogens is 1. The summed E-state index contributed by atoms with van der Waals surface area (Å²) < 4.78 is 0. The third kappa shape index (κ3) is 17.7. The molecule has 0 unspecified atom stereocenters. The molecule has 1 aromatic carbocycles. The largest absolute Gasteiger partial charge is 0.346 e. The Balaban J connectivity index is -0.000000323. The predicted molar refractivity (Wildman–Crippen MR) is 134 cm³/mol. The molecule has 0 aliphatic heterocycles. The van der Waals surface area contributed by atoms with Crippen molar-refractivity contribution >= 4 is 11.0 Å². The molecule has 0 amide bonds. The molecule has 0 atom stereocenters. The van der Waals surface area contributed by atoms with Gasteiger partial charge in [-0.3, -0.25) is 0 Å². The third-order valence-electron chi connectivity index (χ3n) is 3.56. The molecule has 0 saturated carbocycles. The highest BCUT2D eigenvalue weighted by atomic mass is 14.9. The van der Waals surface area contributed by atoms with Gasteiger partial charge in [-0.2, -0.15) is 0 Å². The van der Waals surface area contributed by atoms with Gasteiger partial charge in [0.15, 0.2) is 0 Å². The fourth-order valence-corrected chi connectivity index (χ4v) is 2.23. The Morgan fingerprint density at radius 2 is 1.38 bits per heavy atom. The van der Waals surface area contributed by atoms with Crippen molar-refractivity contribution in [2.45, 2.75) is 94.4 Å². The van der Waals surface area contributed by atoms with Crippen LogP contribution >= 0.6 is 0 Å². The van der Waals surface area contributed by atoms with Gasteiger partial charge in [-0.25, -0.2) is 9.97 Å². The molecule has 29 heavy (non-hydrogen) atoms. The first kappa shape index (κ1) is 31.5. The van der Waals surface area contributed by atoms with Gasteiger partial charge in [-0.15, -0.1) is 0 Å². The average Bonchev–Trinajstić information content (AvgIpc) is 3.26. The van der Waals surface area contributed by atoms with E-state index in [9.17, 15) is 0 Å². The van der Waals surface area contributed by atoms with Crippen LogP contribution in [-0.2, 0) is 6.42 Å². The molecule has 0 fully saturated rings. The summed E-state index contributed by atoms with van der Waals surface area (Å²) in [5, 5.41) is 1.05. The molecular weight excluding hydrogens is 354 g/mol. The first-order valence-electron chi connectivity index (χ1n) is 11.1. The minimum atomic E-state index is 0. The molecule has 0 aliphatic carbocycles. The predicted octanol–water partition coefficient (Wildman–Crippen LogP) is 8.87. The van der Waals surface area contributed by atoms with Crippen LogP contribution in [0.25, 0.3) is 11.0 Å². The van der Waals surface area contributed by atoms with Crippen molar-refractivity contribution in [1.82, 2.24) is 15.0 Å². The second-order valence-electron chi connectivity index (χ2n) is 5.75. The second kappa shape index (κ2) is 25.8. The molecule has 166 valence electrons. The van der Waals surface area contributed by atoms with Crippen molar-refractivity contribution in [1.29, 1.82) is 0 Å². The number of nitrogens with one attached hydrogen (secondary N) is 1. The SMILES string of the molecule is C.CC.CC.CCCCCC.CCCc1ccccc1.c1ncc2cc[nH]c2n1. The Hall–Kier alpha value is -2.16. The molecule has 0 spiro atoms. The summed E-state index contributed by atoms with van der Waals surface area (Å²) in [5.74, 6) is 0. The highest BCUT2D eigenvalue weighted by molar-refractivity contribution is 5.73. The van der Waals surface area contributed by atoms with E-state index in [0.29, 0.717) is 0 Å². The molecule has 2 aromatic heterocycles. The summed E-state index contributed by atoms with van der Waals surface area (Å²) in [6.07, 6.45) is 13.1. The maximum Gasteiger partial charge on any atom is 0.140 e. The van der Waals surface area contributed by atoms with Crippen LogP contribution in [0, 0.1) is 0 Å². The number of hydrogen-bond donors (Lipinski definition) is 1. The molecule has 0 bridgehead atoms. The van der Waals surface area contributed by atoms with Crippen LogP contribution in [0.3, 0.4) is 0 Å². The minimum absolute atomic E-state index is 0. The quantitative estimate of drug-likeness (QED) is 0.434. The van der Waals surface area contributed by atoms with Crippen LogP contribution in [0.1, 0.15) is 93.6 Å². The number of aromatic amines is 1. The first-order valence-corrected chi connectivity index (χ1v) is 11.1. The van der Waals surface area contributed by atoms with Gasteiger partial charge in [0, 0.05) is 17.8 Å². The number of hydrogen-bond acceptors (Lipinski definition) is 2. The molecule has 1 N–H and O–H groups in total. The average molecular weight is 402 g/mol. The van der Waals surface area contributed by atoms with Crippen molar-refractivity contribution < 1.29 is 0 Å². The molecule has 0 aliphatic rings. The highest BCUT2D eigenvalue weighted by Gasteiger charge is 1.89. The number of benzene rings is 1. The normalized spacial score (nSPS) is 8.38. The molecule has 0 radical (unpaired) electrons. The number of nitrogens with zero attached hydrogens (tertiary/aromatic N) is 2. The Morgan fingerprint density at radius 3 is 1.86 bits per heavy atom.